The molecule has 0 saturated carbocycles. The number of ether oxygens (including phenoxy) is 1. The molecular formula is C18H16O2. The average Bonchev–Trinajstić information content (AvgIpc) is 2.46. The van der Waals surface area contributed by atoms with Crippen LogP contribution in [0.3, 0.4) is 0 Å². The third-order valence-electron chi connectivity index (χ3n) is 2.72. The van der Waals surface area contributed by atoms with Crippen LogP contribution in [0.15, 0.2) is 60.7 Å². The summed E-state index contributed by atoms with van der Waals surface area (Å²) in [5, 5.41) is 0. The van der Waals surface area contributed by atoms with E-state index in [1.54, 1.807) is 0 Å². The number of hydrogen-bond acceptors (Lipinski definition) is 2. The summed E-state index contributed by atoms with van der Waals surface area (Å²) in [6.45, 7) is 1.40. The Balaban J connectivity index is 2.12. The second-order valence-corrected chi connectivity index (χ2v) is 4.42. The molecule has 0 aliphatic carbocycles. The van der Waals surface area contributed by atoms with E-state index in [0.29, 0.717) is 6.42 Å². The van der Waals surface area contributed by atoms with E-state index in [1.165, 1.54) is 6.92 Å². The predicted octanol–water partition coefficient (Wildman–Crippen LogP) is 3.21. The number of carbonyl (C=O) groups excluding carboxylic acids is 1. The van der Waals surface area contributed by atoms with Crippen LogP contribution in [0.5, 0.6) is 0 Å². The van der Waals surface area contributed by atoms with Gasteiger partial charge in [0.15, 0.2) is 6.10 Å². The summed E-state index contributed by atoms with van der Waals surface area (Å²) in [5.74, 6) is 5.75. The van der Waals surface area contributed by atoms with Crippen molar-refractivity contribution in [3.8, 4) is 11.8 Å². The molecule has 0 heterocycles. The van der Waals surface area contributed by atoms with Gasteiger partial charge in [-0.3, -0.25) is 4.79 Å². The van der Waals surface area contributed by atoms with Crippen molar-refractivity contribution in [2.24, 2.45) is 0 Å². The van der Waals surface area contributed by atoms with Crippen molar-refractivity contribution in [3.63, 3.8) is 0 Å². The molecule has 2 aromatic rings. The molecule has 0 radical (unpaired) electrons. The van der Waals surface area contributed by atoms with E-state index in [-0.39, 0.29) is 5.97 Å². The molecule has 0 N–H and O–H groups in total. The molecular weight excluding hydrogens is 248 g/mol. The van der Waals surface area contributed by atoms with E-state index in [4.69, 9.17) is 4.74 Å². The van der Waals surface area contributed by atoms with Gasteiger partial charge in [0, 0.05) is 18.9 Å². The quantitative estimate of drug-likeness (QED) is 0.628. The zero-order valence-electron chi connectivity index (χ0n) is 11.4. The van der Waals surface area contributed by atoms with Crippen LogP contribution in [-0.4, -0.2) is 12.1 Å². The second kappa shape index (κ2) is 7.16. The molecule has 0 aromatic heterocycles. The summed E-state index contributed by atoms with van der Waals surface area (Å²) in [5.41, 5.74) is 2.01. The van der Waals surface area contributed by atoms with E-state index in [1.807, 2.05) is 60.7 Å². The highest BCUT2D eigenvalue weighted by molar-refractivity contribution is 5.66. The number of benzene rings is 2. The SMILES string of the molecule is CC(=O)OC(C#Cc1ccccc1)Cc1ccccc1. The fourth-order valence-corrected chi connectivity index (χ4v) is 1.84. The lowest BCUT2D eigenvalue weighted by Crippen LogP contribution is -2.17. The van der Waals surface area contributed by atoms with E-state index in [9.17, 15) is 4.79 Å². The number of rotatable bonds is 3. The highest BCUT2D eigenvalue weighted by Gasteiger charge is 2.09. The van der Waals surface area contributed by atoms with Crippen LogP contribution in [0.2, 0.25) is 0 Å². The Morgan fingerprint density at radius 1 is 1.05 bits per heavy atom. The van der Waals surface area contributed by atoms with E-state index in [2.05, 4.69) is 11.8 Å². The molecule has 2 aromatic carbocycles. The maximum absolute atomic E-state index is 11.2. The van der Waals surface area contributed by atoms with Crippen LogP contribution < -0.4 is 0 Å². The summed E-state index contributed by atoms with van der Waals surface area (Å²) >= 11 is 0. The minimum absolute atomic E-state index is 0.312. The molecule has 2 rings (SSSR count). The first kappa shape index (κ1) is 13.9. The number of hydrogen-bond donors (Lipinski definition) is 0. The van der Waals surface area contributed by atoms with E-state index in [0.717, 1.165) is 11.1 Å². The zero-order valence-corrected chi connectivity index (χ0v) is 11.4. The molecule has 0 spiro atoms. The Morgan fingerprint density at radius 2 is 1.65 bits per heavy atom. The van der Waals surface area contributed by atoms with Crippen molar-refractivity contribution in [2.75, 3.05) is 0 Å². The molecule has 0 aliphatic heterocycles. The summed E-state index contributed by atoms with van der Waals surface area (Å²) in [6.07, 6.45) is 0.176. The maximum atomic E-state index is 11.2. The first-order valence-corrected chi connectivity index (χ1v) is 6.52. The molecule has 0 bridgehead atoms. The Labute approximate surface area is 119 Å². The molecule has 1 unspecified atom stereocenters. The molecule has 20 heavy (non-hydrogen) atoms. The smallest absolute Gasteiger partial charge is 0.303 e. The highest BCUT2D eigenvalue weighted by Crippen LogP contribution is 2.06. The fourth-order valence-electron chi connectivity index (χ4n) is 1.84. The lowest BCUT2D eigenvalue weighted by molar-refractivity contribution is -0.143. The molecule has 0 saturated heterocycles. The predicted molar refractivity (Wildman–Crippen MR) is 79.0 cm³/mol. The van der Waals surface area contributed by atoms with Crippen LogP contribution in [0.1, 0.15) is 18.1 Å². The van der Waals surface area contributed by atoms with Gasteiger partial charge in [-0.25, -0.2) is 0 Å². The lowest BCUT2D eigenvalue weighted by Gasteiger charge is -2.10. The normalized spacial score (nSPS) is 11.1. The molecule has 0 aliphatic rings. The Kier molecular flexibility index (Phi) is 4.97. The van der Waals surface area contributed by atoms with E-state index >= 15 is 0 Å². The van der Waals surface area contributed by atoms with Gasteiger partial charge in [-0.05, 0) is 17.7 Å². The van der Waals surface area contributed by atoms with Crippen molar-refractivity contribution >= 4 is 5.97 Å². The minimum Gasteiger partial charge on any atom is -0.449 e. The second-order valence-electron chi connectivity index (χ2n) is 4.42. The summed E-state index contributed by atoms with van der Waals surface area (Å²) in [7, 11) is 0. The van der Waals surface area contributed by atoms with Gasteiger partial charge < -0.3 is 4.74 Å². The molecule has 2 heteroatoms. The highest BCUT2D eigenvalue weighted by atomic mass is 16.5. The first-order chi connectivity index (χ1) is 9.74. The standard InChI is InChI=1S/C18H16O2/c1-15(19)20-18(14-17-10-6-3-7-11-17)13-12-16-8-4-2-5-9-16/h2-11,18H,14H2,1H3. The maximum Gasteiger partial charge on any atom is 0.303 e. The van der Waals surface area contributed by atoms with Crippen molar-refractivity contribution in [1.29, 1.82) is 0 Å². The molecule has 1 atom stereocenters. The van der Waals surface area contributed by atoms with Crippen LogP contribution in [0.4, 0.5) is 0 Å². The lowest BCUT2D eigenvalue weighted by atomic mass is 10.1. The number of carbonyl (C=O) groups is 1. The van der Waals surface area contributed by atoms with Crippen molar-refractivity contribution in [2.45, 2.75) is 19.4 Å². The van der Waals surface area contributed by atoms with Gasteiger partial charge in [-0.2, -0.15) is 0 Å². The van der Waals surface area contributed by atoms with Crippen LogP contribution in [0.25, 0.3) is 0 Å². The molecule has 2 nitrogen and oxygen atoms in total. The topological polar surface area (TPSA) is 26.3 Å². The zero-order chi connectivity index (χ0) is 14.2. The molecule has 0 fully saturated rings. The molecule has 0 amide bonds. The number of esters is 1. The van der Waals surface area contributed by atoms with Crippen LogP contribution in [0, 0.1) is 11.8 Å². The monoisotopic (exact) mass is 264 g/mol. The van der Waals surface area contributed by atoms with Gasteiger partial charge in [0.25, 0.3) is 0 Å². The summed E-state index contributed by atoms with van der Waals surface area (Å²) < 4.78 is 5.26. The van der Waals surface area contributed by atoms with Crippen molar-refractivity contribution in [1.82, 2.24) is 0 Å². The van der Waals surface area contributed by atoms with Crippen LogP contribution in [-0.2, 0) is 16.0 Å². The third kappa shape index (κ3) is 4.62. The van der Waals surface area contributed by atoms with Gasteiger partial charge in [0.2, 0.25) is 0 Å². The molecule has 100 valence electrons. The van der Waals surface area contributed by atoms with Gasteiger partial charge >= 0.3 is 5.97 Å². The Bertz CT molecular complexity index is 606. The van der Waals surface area contributed by atoms with E-state index < -0.39 is 6.10 Å². The minimum atomic E-state index is -0.421. The fraction of sp³-hybridized carbons (Fsp3) is 0.167. The van der Waals surface area contributed by atoms with Gasteiger partial charge in [0.05, 0.1) is 0 Å². The Morgan fingerprint density at radius 3 is 2.25 bits per heavy atom. The van der Waals surface area contributed by atoms with Gasteiger partial charge in [-0.15, -0.1) is 0 Å². The first-order valence-electron chi connectivity index (χ1n) is 6.52. The largest absolute Gasteiger partial charge is 0.449 e. The summed E-state index contributed by atoms with van der Waals surface area (Å²) in [6, 6.07) is 19.6. The van der Waals surface area contributed by atoms with Crippen LogP contribution >= 0.6 is 0 Å². The van der Waals surface area contributed by atoms with Gasteiger partial charge in [0.1, 0.15) is 0 Å². The average molecular weight is 264 g/mol. The van der Waals surface area contributed by atoms with Gasteiger partial charge in [-0.1, -0.05) is 60.4 Å². The Hall–Kier alpha value is -2.53. The summed E-state index contributed by atoms with van der Waals surface area (Å²) in [4.78, 5) is 11.2. The third-order valence-corrected chi connectivity index (χ3v) is 2.72. The van der Waals surface area contributed by atoms with Crippen molar-refractivity contribution in [3.05, 3.63) is 71.8 Å². The van der Waals surface area contributed by atoms with Crippen molar-refractivity contribution < 1.29 is 9.53 Å².